The summed E-state index contributed by atoms with van der Waals surface area (Å²) >= 11 is 1.51. The Hall–Kier alpha value is -2.67. The molecule has 0 spiro atoms. The third kappa shape index (κ3) is 4.66. The van der Waals surface area contributed by atoms with E-state index in [1.54, 1.807) is 19.1 Å². The molecule has 2 aromatic rings. The predicted octanol–water partition coefficient (Wildman–Crippen LogP) is 4.34. The largest absolute Gasteiger partial charge is 0.331 e. The number of non-ortho nitro benzene ring substituents is 1. The SMILES string of the molecule is CC(=O)ON=C(C)c1ccc(Sc2ccc([N+](=O)[O-])cc2)cc1C. The summed E-state index contributed by atoms with van der Waals surface area (Å²) in [5, 5.41) is 14.5. The number of hydrogen-bond donors (Lipinski definition) is 0. The summed E-state index contributed by atoms with van der Waals surface area (Å²) in [7, 11) is 0. The van der Waals surface area contributed by atoms with Gasteiger partial charge in [-0.05, 0) is 43.7 Å². The van der Waals surface area contributed by atoms with Gasteiger partial charge in [-0.2, -0.15) is 0 Å². The van der Waals surface area contributed by atoms with E-state index in [4.69, 9.17) is 0 Å². The molecule has 0 aliphatic carbocycles. The molecule has 0 amide bonds. The number of rotatable bonds is 5. The zero-order valence-corrected chi connectivity index (χ0v) is 14.3. The number of benzene rings is 2. The Balaban J connectivity index is 2.15. The molecule has 0 heterocycles. The standard InChI is InChI=1S/C17H16N2O4S/c1-11-10-16(8-9-17(11)12(2)18-23-13(3)20)24-15-6-4-14(5-7-15)19(21)22/h4-10H,1-3H3. The Morgan fingerprint density at radius 3 is 2.29 bits per heavy atom. The first-order chi connectivity index (χ1) is 11.4. The van der Waals surface area contributed by atoms with Gasteiger partial charge in [-0.25, -0.2) is 4.79 Å². The van der Waals surface area contributed by atoms with Crippen LogP contribution in [0.2, 0.25) is 0 Å². The van der Waals surface area contributed by atoms with Gasteiger partial charge in [0.15, 0.2) is 0 Å². The zero-order chi connectivity index (χ0) is 17.7. The van der Waals surface area contributed by atoms with Crippen molar-refractivity contribution in [2.24, 2.45) is 5.16 Å². The van der Waals surface area contributed by atoms with E-state index in [9.17, 15) is 14.9 Å². The molecule has 0 aliphatic rings. The Kier molecular flexibility index (Phi) is 5.70. The molecule has 0 saturated carbocycles. The summed E-state index contributed by atoms with van der Waals surface area (Å²) in [5.74, 6) is -0.461. The topological polar surface area (TPSA) is 81.8 Å². The summed E-state index contributed by atoms with van der Waals surface area (Å²) in [4.78, 5) is 27.6. The molecule has 0 unspecified atom stereocenters. The first kappa shape index (κ1) is 17.7. The lowest BCUT2D eigenvalue weighted by atomic mass is 10.1. The lowest BCUT2D eigenvalue weighted by Gasteiger charge is -2.08. The average Bonchev–Trinajstić information content (AvgIpc) is 2.53. The van der Waals surface area contributed by atoms with E-state index in [0.29, 0.717) is 5.71 Å². The van der Waals surface area contributed by atoms with Crippen molar-refractivity contribution in [3.05, 3.63) is 63.7 Å². The fraction of sp³-hybridized carbons (Fsp3) is 0.176. The normalized spacial score (nSPS) is 11.2. The molecule has 0 radical (unpaired) electrons. The van der Waals surface area contributed by atoms with Gasteiger partial charge in [-0.1, -0.05) is 23.0 Å². The van der Waals surface area contributed by atoms with Gasteiger partial charge in [0.2, 0.25) is 0 Å². The summed E-state index contributed by atoms with van der Waals surface area (Å²) < 4.78 is 0. The number of hydrogen-bond acceptors (Lipinski definition) is 6. The van der Waals surface area contributed by atoms with Crippen LogP contribution in [0.3, 0.4) is 0 Å². The quantitative estimate of drug-likeness (QED) is 0.349. The molecule has 124 valence electrons. The number of carbonyl (C=O) groups is 1. The third-order valence-corrected chi connectivity index (χ3v) is 4.18. The van der Waals surface area contributed by atoms with E-state index in [0.717, 1.165) is 20.9 Å². The predicted molar refractivity (Wildman–Crippen MR) is 92.4 cm³/mol. The van der Waals surface area contributed by atoms with Gasteiger partial charge < -0.3 is 4.84 Å². The molecule has 0 aliphatic heterocycles. The minimum atomic E-state index is -0.461. The number of nitrogens with zero attached hydrogens (tertiary/aromatic N) is 2. The molecule has 0 bridgehead atoms. The zero-order valence-electron chi connectivity index (χ0n) is 13.5. The van der Waals surface area contributed by atoms with Crippen LogP contribution in [0.1, 0.15) is 25.0 Å². The second-order valence-electron chi connectivity index (χ2n) is 5.09. The first-order valence-corrected chi connectivity index (χ1v) is 7.94. The molecule has 2 rings (SSSR count). The highest BCUT2D eigenvalue weighted by atomic mass is 32.2. The van der Waals surface area contributed by atoms with E-state index in [1.807, 2.05) is 25.1 Å². The molecule has 7 heteroatoms. The number of aryl methyl sites for hydroxylation is 1. The molecule has 0 saturated heterocycles. The molecule has 0 atom stereocenters. The van der Waals surface area contributed by atoms with E-state index in [-0.39, 0.29) is 5.69 Å². The van der Waals surface area contributed by atoms with Gasteiger partial charge >= 0.3 is 5.97 Å². The molecule has 0 N–H and O–H groups in total. The van der Waals surface area contributed by atoms with Crippen LogP contribution in [0.15, 0.2) is 57.4 Å². The number of oxime groups is 1. The average molecular weight is 344 g/mol. The van der Waals surface area contributed by atoms with E-state index in [1.165, 1.54) is 30.8 Å². The summed E-state index contributed by atoms with van der Waals surface area (Å²) in [6.07, 6.45) is 0. The lowest BCUT2D eigenvalue weighted by molar-refractivity contribution is -0.384. The van der Waals surface area contributed by atoms with Crippen molar-refractivity contribution < 1.29 is 14.6 Å². The summed E-state index contributed by atoms with van der Waals surface area (Å²) in [5.41, 5.74) is 2.58. The van der Waals surface area contributed by atoms with Crippen LogP contribution in [-0.4, -0.2) is 16.6 Å². The second kappa shape index (κ2) is 7.74. The van der Waals surface area contributed by atoms with Crippen LogP contribution in [-0.2, 0) is 9.63 Å². The van der Waals surface area contributed by atoms with Gasteiger partial charge in [0.25, 0.3) is 5.69 Å². The lowest BCUT2D eigenvalue weighted by Crippen LogP contribution is -2.01. The van der Waals surface area contributed by atoms with Crippen LogP contribution >= 0.6 is 11.8 Å². The smallest absolute Gasteiger partial charge is 0.318 e. The van der Waals surface area contributed by atoms with Crippen molar-refractivity contribution in [3.8, 4) is 0 Å². The van der Waals surface area contributed by atoms with Crippen molar-refractivity contribution in [3.63, 3.8) is 0 Å². The van der Waals surface area contributed by atoms with Crippen LogP contribution in [0, 0.1) is 17.0 Å². The Morgan fingerprint density at radius 2 is 1.75 bits per heavy atom. The highest BCUT2D eigenvalue weighted by Crippen LogP contribution is 2.30. The van der Waals surface area contributed by atoms with Gasteiger partial charge in [-0.3, -0.25) is 10.1 Å². The maximum absolute atomic E-state index is 10.8. The minimum Gasteiger partial charge on any atom is -0.318 e. The van der Waals surface area contributed by atoms with Crippen molar-refractivity contribution in [2.75, 3.05) is 0 Å². The first-order valence-electron chi connectivity index (χ1n) is 7.12. The Labute approximate surface area is 143 Å². The molecular weight excluding hydrogens is 328 g/mol. The van der Waals surface area contributed by atoms with E-state index < -0.39 is 10.9 Å². The molecule has 2 aromatic carbocycles. The highest BCUT2D eigenvalue weighted by molar-refractivity contribution is 7.99. The fourth-order valence-electron chi connectivity index (χ4n) is 2.06. The molecule has 24 heavy (non-hydrogen) atoms. The van der Waals surface area contributed by atoms with Crippen molar-refractivity contribution >= 4 is 29.1 Å². The van der Waals surface area contributed by atoms with Gasteiger partial charge in [-0.15, -0.1) is 0 Å². The molecular formula is C17H16N2O4S. The van der Waals surface area contributed by atoms with E-state index >= 15 is 0 Å². The second-order valence-corrected chi connectivity index (χ2v) is 6.24. The van der Waals surface area contributed by atoms with Crippen molar-refractivity contribution in [1.29, 1.82) is 0 Å². The Bertz CT molecular complexity index is 801. The Morgan fingerprint density at radius 1 is 1.12 bits per heavy atom. The van der Waals surface area contributed by atoms with Gasteiger partial charge in [0.05, 0.1) is 10.6 Å². The van der Waals surface area contributed by atoms with Gasteiger partial charge in [0, 0.05) is 34.4 Å². The molecule has 0 aromatic heterocycles. The number of nitro benzene ring substituents is 1. The fourth-order valence-corrected chi connectivity index (χ4v) is 2.98. The highest BCUT2D eigenvalue weighted by Gasteiger charge is 2.08. The van der Waals surface area contributed by atoms with Crippen molar-refractivity contribution in [2.45, 2.75) is 30.6 Å². The third-order valence-electron chi connectivity index (χ3n) is 3.18. The maximum atomic E-state index is 10.8. The van der Waals surface area contributed by atoms with Crippen molar-refractivity contribution in [1.82, 2.24) is 0 Å². The number of carbonyl (C=O) groups excluding carboxylic acids is 1. The van der Waals surface area contributed by atoms with Crippen LogP contribution < -0.4 is 0 Å². The van der Waals surface area contributed by atoms with Crippen LogP contribution in [0.25, 0.3) is 0 Å². The van der Waals surface area contributed by atoms with E-state index in [2.05, 4.69) is 9.99 Å². The van der Waals surface area contributed by atoms with Crippen LogP contribution in [0.4, 0.5) is 5.69 Å². The monoisotopic (exact) mass is 344 g/mol. The van der Waals surface area contributed by atoms with Gasteiger partial charge in [0.1, 0.15) is 0 Å². The van der Waals surface area contributed by atoms with Crippen LogP contribution in [0.5, 0.6) is 0 Å². The minimum absolute atomic E-state index is 0.0724. The number of nitro groups is 1. The summed E-state index contributed by atoms with van der Waals surface area (Å²) in [6.45, 7) is 5.02. The molecule has 6 nitrogen and oxygen atoms in total. The maximum Gasteiger partial charge on any atom is 0.331 e. The summed E-state index contributed by atoms with van der Waals surface area (Å²) in [6, 6.07) is 12.2. The molecule has 0 fully saturated rings.